The van der Waals surface area contributed by atoms with E-state index in [9.17, 15) is 0 Å². The Labute approximate surface area is 265 Å². The molecule has 1 unspecified atom stereocenters. The number of hydrogen-bond donors (Lipinski definition) is 1. The molecule has 5 heteroatoms. The van der Waals surface area contributed by atoms with Gasteiger partial charge < -0.3 is 9.73 Å². The molecule has 0 radical (unpaired) electrons. The lowest BCUT2D eigenvalue weighted by molar-refractivity contribution is 0.635. The number of benzene rings is 6. The molecule has 9 rings (SSSR count). The lowest BCUT2D eigenvalue weighted by atomic mass is 10.0. The average molecular weight is 593 g/mol. The molecular weight excluding hydrogens is 564 g/mol. The van der Waals surface area contributed by atoms with E-state index in [1.807, 2.05) is 42.5 Å². The van der Waals surface area contributed by atoms with Gasteiger partial charge >= 0.3 is 0 Å². The number of hydrogen-bond acceptors (Lipinski definition) is 4. The smallest absolute Gasteiger partial charge is 0.234 e. The zero-order chi connectivity index (χ0) is 30.5. The highest BCUT2D eigenvalue weighted by atomic mass is 16.3. The molecule has 1 N–H and O–H groups in total. The molecule has 5 nitrogen and oxygen atoms in total. The van der Waals surface area contributed by atoms with E-state index in [1.165, 1.54) is 5.56 Å². The van der Waals surface area contributed by atoms with Crippen LogP contribution in [0.5, 0.6) is 0 Å². The summed E-state index contributed by atoms with van der Waals surface area (Å²) in [5.74, 6) is 2.24. The first kappa shape index (κ1) is 26.2. The maximum atomic E-state index is 6.60. The number of rotatable bonds is 4. The third kappa shape index (κ3) is 4.41. The Kier molecular flexibility index (Phi) is 6.13. The molecule has 0 aliphatic carbocycles. The van der Waals surface area contributed by atoms with E-state index in [1.54, 1.807) is 0 Å². The second-order valence-corrected chi connectivity index (χ2v) is 11.5. The Morgan fingerprint density at radius 3 is 1.96 bits per heavy atom. The van der Waals surface area contributed by atoms with E-state index in [0.717, 1.165) is 66.6 Å². The van der Waals surface area contributed by atoms with Gasteiger partial charge in [0.05, 0.1) is 16.4 Å². The first-order chi connectivity index (χ1) is 22.8. The summed E-state index contributed by atoms with van der Waals surface area (Å²) < 4.78 is 8.77. The summed E-state index contributed by atoms with van der Waals surface area (Å²) in [6.45, 7) is 0. The largest absolute Gasteiger partial charge is 0.455 e. The van der Waals surface area contributed by atoms with E-state index in [4.69, 9.17) is 14.4 Å². The molecule has 8 aromatic rings. The van der Waals surface area contributed by atoms with Gasteiger partial charge in [-0.1, -0.05) is 133 Å². The fourth-order valence-corrected chi connectivity index (χ4v) is 6.45. The fourth-order valence-electron chi connectivity index (χ4n) is 6.45. The van der Waals surface area contributed by atoms with E-state index in [-0.39, 0.29) is 6.17 Å². The van der Waals surface area contributed by atoms with Crippen molar-refractivity contribution in [2.45, 2.75) is 6.17 Å². The van der Waals surface area contributed by atoms with Crippen molar-refractivity contribution < 1.29 is 4.42 Å². The lowest BCUT2D eigenvalue weighted by Gasteiger charge is -2.24. The highest BCUT2D eigenvalue weighted by Gasteiger charge is 2.25. The van der Waals surface area contributed by atoms with Gasteiger partial charge in [-0.2, -0.15) is 4.99 Å². The van der Waals surface area contributed by atoms with Gasteiger partial charge in [-0.15, -0.1) is 0 Å². The first-order valence-electron chi connectivity index (χ1n) is 15.5. The van der Waals surface area contributed by atoms with Crippen LogP contribution in [0.2, 0.25) is 0 Å². The number of para-hydroxylation sites is 1. The Bertz CT molecular complexity index is 2420. The summed E-state index contributed by atoms with van der Waals surface area (Å²) in [7, 11) is 0. The summed E-state index contributed by atoms with van der Waals surface area (Å²) >= 11 is 0. The second-order valence-electron chi connectivity index (χ2n) is 11.5. The average Bonchev–Trinajstić information content (AvgIpc) is 3.72. The molecular formula is C41H28N4O. The van der Waals surface area contributed by atoms with Crippen LogP contribution in [0.1, 0.15) is 17.3 Å². The fraction of sp³-hybridized carbons (Fsp3) is 0.0244. The Hall–Kier alpha value is -6.20. The molecule has 0 amide bonds. The highest BCUT2D eigenvalue weighted by molar-refractivity contribution is 6.23. The zero-order valence-electron chi connectivity index (χ0n) is 24.8. The molecule has 1 atom stereocenters. The van der Waals surface area contributed by atoms with Crippen LogP contribution in [0.25, 0.3) is 55.2 Å². The summed E-state index contributed by atoms with van der Waals surface area (Å²) in [4.78, 5) is 10.4. The molecule has 1 aliphatic heterocycles. The van der Waals surface area contributed by atoms with Crippen LogP contribution in [0.4, 0.5) is 0 Å². The van der Waals surface area contributed by atoms with Gasteiger partial charge in [-0.25, -0.2) is 4.99 Å². The Balaban J connectivity index is 1.23. The van der Waals surface area contributed by atoms with Gasteiger partial charge in [0.15, 0.2) is 0 Å². The number of aliphatic imine (C=N–C) groups is 2. The van der Waals surface area contributed by atoms with Crippen molar-refractivity contribution in [3.8, 4) is 22.5 Å². The molecule has 218 valence electrons. The molecule has 0 saturated carbocycles. The molecule has 3 heterocycles. The molecule has 46 heavy (non-hydrogen) atoms. The maximum absolute atomic E-state index is 6.60. The van der Waals surface area contributed by atoms with E-state index in [2.05, 4.69) is 125 Å². The van der Waals surface area contributed by atoms with Crippen LogP contribution in [-0.4, -0.2) is 16.4 Å². The number of nitrogens with one attached hydrogen (secondary N) is 1. The lowest BCUT2D eigenvalue weighted by Crippen LogP contribution is -2.35. The van der Waals surface area contributed by atoms with Gasteiger partial charge in [0.25, 0.3) is 0 Å². The van der Waals surface area contributed by atoms with E-state index in [0.29, 0.717) is 5.96 Å². The third-order valence-corrected chi connectivity index (χ3v) is 8.69. The molecule has 1 aliphatic rings. The van der Waals surface area contributed by atoms with Crippen molar-refractivity contribution in [1.82, 2.24) is 9.88 Å². The molecule has 2 aromatic heterocycles. The molecule has 0 fully saturated rings. The number of fused-ring (bicyclic) bond motifs is 5. The predicted octanol–water partition coefficient (Wildman–Crippen LogP) is 9.83. The summed E-state index contributed by atoms with van der Waals surface area (Å²) in [5.41, 5.74) is 8.34. The number of furan rings is 1. The van der Waals surface area contributed by atoms with E-state index >= 15 is 0 Å². The third-order valence-electron chi connectivity index (χ3n) is 8.69. The first-order valence-corrected chi connectivity index (χ1v) is 15.5. The van der Waals surface area contributed by atoms with Crippen LogP contribution >= 0.6 is 0 Å². The van der Waals surface area contributed by atoms with Crippen LogP contribution in [0.15, 0.2) is 172 Å². The van der Waals surface area contributed by atoms with Crippen LogP contribution in [0.3, 0.4) is 0 Å². The minimum atomic E-state index is -0.314. The SMILES string of the molecule is c1ccc(-c2ccc(C3=NC(n4c5ccccc5c5c6oc(-c7ccccc7)cc6ccc54)=NC(c4ccccc4)N3)cc2)cc1. The topological polar surface area (TPSA) is 54.8 Å². The van der Waals surface area contributed by atoms with Crippen LogP contribution in [0, 0.1) is 0 Å². The maximum Gasteiger partial charge on any atom is 0.234 e. The van der Waals surface area contributed by atoms with Gasteiger partial charge in [0.1, 0.15) is 23.3 Å². The highest BCUT2D eigenvalue weighted by Crippen LogP contribution is 2.39. The van der Waals surface area contributed by atoms with Gasteiger partial charge in [-0.3, -0.25) is 4.57 Å². The number of nitrogens with zero attached hydrogens (tertiary/aromatic N) is 3. The van der Waals surface area contributed by atoms with Crippen molar-refractivity contribution in [2.24, 2.45) is 9.98 Å². The quantitative estimate of drug-likeness (QED) is 0.221. The normalized spacial score (nSPS) is 14.7. The molecule has 6 aromatic carbocycles. The van der Waals surface area contributed by atoms with Crippen molar-refractivity contribution in [1.29, 1.82) is 0 Å². The van der Waals surface area contributed by atoms with E-state index < -0.39 is 0 Å². The molecule has 0 saturated heterocycles. The second kappa shape index (κ2) is 10.8. The van der Waals surface area contributed by atoms with Crippen LogP contribution in [-0.2, 0) is 0 Å². The van der Waals surface area contributed by atoms with Crippen molar-refractivity contribution in [3.05, 3.63) is 169 Å². The minimum absolute atomic E-state index is 0.314. The predicted molar refractivity (Wildman–Crippen MR) is 188 cm³/mol. The summed E-state index contributed by atoms with van der Waals surface area (Å²) in [6, 6.07) is 54.4. The van der Waals surface area contributed by atoms with Crippen molar-refractivity contribution in [2.75, 3.05) is 0 Å². The summed E-state index contributed by atoms with van der Waals surface area (Å²) in [5, 5.41) is 6.82. The van der Waals surface area contributed by atoms with Gasteiger partial charge in [0, 0.05) is 21.9 Å². The number of amidine groups is 1. The van der Waals surface area contributed by atoms with Gasteiger partial charge in [0.2, 0.25) is 5.96 Å². The van der Waals surface area contributed by atoms with Crippen LogP contribution < -0.4 is 5.32 Å². The molecule has 0 spiro atoms. The Morgan fingerprint density at radius 2 is 1.20 bits per heavy atom. The van der Waals surface area contributed by atoms with Crippen molar-refractivity contribution in [3.63, 3.8) is 0 Å². The van der Waals surface area contributed by atoms with Gasteiger partial charge in [-0.05, 0) is 41.0 Å². The van der Waals surface area contributed by atoms with Crippen molar-refractivity contribution >= 4 is 44.6 Å². The minimum Gasteiger partial charge on any atom is -0.455 e. The summed E-state index contributed by atoms with van der Waals surface area (Å²) in [6.07, 6.45) is -0.314. The monoisotopic (exact) mass is 592 g/mol. The molecule has 0 bridgehead atoms. The number of aromatic nitrogens is 1. The Morgan fingerprint density at radius 1 is 0.565 bits per heavy atom. The zero-order valence-corrected chi connectivity index (χ0v) is 24.8. The standard InChI is InChI=1S/C41H28N4O/c1-4-12-27(13-5-1)28-20-22-31(23-21-28)40-42-39(30-16-8-3-9-17-30)43-41(44-40)45-34-19-11-10-18-33(34)37-35(45)25-24-32-26-36(46-38(32)37)29-14-6-2-7-15-29/h1-26,39H,(H,42,43,44).